The van der Waals surface area contributed by atoms with Crippen LogP contribution in [0.15, 0.2) is 218 Å². The minimum atomic E-state index is -0.323. The van der Waals surface area contributed by atoms with E-state index in [2.05, 4.69) is 257 Å². The summed E-state index contributed by atoms with van der Waals surface area (Å²) in [5, 5.41) is 0. The monoisotopic (exact) mass is 768 g/mol. The van der Waals surface area contributed by atoms with Gasteiger partial charge in [-0.1, -0.05) is 121 Å². The lowest BCUT2D eigenvalue weighted by molar-refractivity contribution is 1.25. The Labute approximate surface area is 351 Å². The first-order valence-corrected chi connectivity index (χ1v) is 20.7. The summed E-state index contributed by atoms with van der Waals surface area (Å²) in [6, 6.07) is 79.8. The Morgan fingerprint density at radius 3 is 0.550 bits per heavy atom. The summed E-state index contributed by atoms with van der Waals surface area (Å²) >= 11 is 0. The summed E-state index contributed by atoms with van der Waals surface area (Å²) in [7, 11) is -1.29. The predicted octanol–water partition coefficient (Wildman–Crippen LogP) is 10.6. The van der Waals surface area contributed by atoms with Gasteiger partial charge in [0.05, 0.1) is 22.7 Å². The Bertz CT molecular complexity index is 2480. The van der Waals surface area contributed by atoms with Crippen molar-refractivity contribution in [2.75, 3.05) is 38.1 Å². The van der Waals surface area contributed by atoms with E-state index in [0.29, 0.717) is 0 Å². The van der Waals surface area contributed by atoms with Crippen LogP contribution in [0.4, 0.5) is 68.2 Å². The smallest absolute Gasteiger partial charge is 0.382 e. The van der Waals surface area contributed by atoms with Crippen LogP contribution in [0.3, 0.4) is 0 Å². The van der Waals surface area contributed by atoms with Gasteiger partial charge in [0.15, 0.2) is 0 Å². The first-order valence-electron chi connectivity index (χ1n) is 20.7. The maximum absolute atomic E-state index is 2.69. The van der Waals surface area contributed by atoms with Crippen molar-refractivity contribution in [3.63, 3.8) is 0 Å². The predicted molar refractivity (Wildman–Crippen MR) is 253 cm³/mol. The third-order valence-corrected chi connectivity index (χ3v) is 12.7. The first-order chi connectivity index (χ1) is 29.9. The number of nitrogens with zero attached hydrogens (tertiary/aromatic N) is 8. The summed E-state index contributed by atoms with van der Waals surface area (Å²) in [5.41, 5.74) is 13.8. The molecule has 0 radical (unpaired) electrons. The van der Waals surface area contributed by atoms with Crippen LogP contribution in [0.2, 0.25) is 0 Å². The van der Waals surface area contributed by atoms with Gasteiger partial charge in [-0.25, -0.2) is 0 Å². The van der Waals surface area contributed by atoms with Gasteiger partial charge in [0.25, 0.3) is 0 Å². The van der Waals surface area contributed by atoms with Gasteiger partial charge in [-0.2, -0.15) is 0 Å². The molecule has 0 aliphatic carbocycles. The van der Waals surface area contributed by atoms with Crippen molar-refractivity contribution in [3.05, 3.63) is 218 Å². The maximum Gasteiger partial charge on any atom is 0.489 e. The van der Waals surface area contributed by atoms with Crippen molar-refractivity contribution in [1.82, 2.24) is 0 Å². The molecule has 8 aromatic carbocycles. The highest BCUT2D eigenvalue weighted by Gasteiger charge is 2.70. The SMILES string of the molecule is c1ccc(N2B3N(B4N(B5N(B6N3c3ccccc3N6c3ccccc3)c3ccccc3N5c3ccccc3)c3ccccc3N4c3ccccc3)c3ccccc32)cc1. The number of hydrogen-bond donors (Lipinski definition) is 0. The molecule has 12 heteroatoms. The van der Waals surface area contributed by atoms with Gasteiger partial charge in [-0.05, 0) is 97.1 Å². The van der Waals surface area contributed by atoms with Crippen LogP contribution in [0.5, 0.6) is 0 Å². The highest BCUT2D eigenvalue weighted by molar-refractivity contribution is 7.11. The molecule has 280 valence electrons. The quantitative estimate of drug-likeness (QED) is 0.163. The van der Waals surface area contributed by atoms with Crippen LogP contribution < -0.4 is 38.1 Å². The molecule has 0 amide bonds. The van der Waals surface area contributed by atoms with Crippen molar-refractivity contribution >= 4 is 96.7 Å². The number of hydrogen-bond acceptors (Lipinski definition) is 8. The number of anilines is 12. The molecule has 0 unspecified atom stereocenters. The lowest BCUT2D eigenvalue weighted by Crippen LogP contribution is -2.83. The van der Waals surface area contributed by atoms with E-state index in [1.54, 1.807) is 0 Å². The van der Waals surface area contributed by atoms with Crippen molar-refractivity contribution < 1.29 is 0 Å². The molecule has 1 fully saturated rings. The molecular weight excluding hydrogens is 732 g/mol. The number of rotatable bonds is 4. The maximum atomic E-state index is 2.69. The van der Waals surface area contributed by atoms with E-state index in [9.17, 15) is 0 Å². The third kappa shape index (κ3) is 4.56. The van der Waals surface area contributed by atoms with Crippen LogP contribution in [-0.4, -0.2) is 28.5 Å². The second-order valence-corrected chi connectivity index (χ2v) is 15.8. The zero-order chi connectivity index (χ0) is 39.3. The third-order valence-electron chi connectivity index (χ3n) is 12.7. The molecule has 5 aliphatic rings. The van der Waals surface area contributed by atoms with E-state index < -0.39 is 0 Å². The average molecular weight is 768 g/mol. The van der Waals surface area contributed by atoms with Gasteiger partial charge in [-0.15, -0.1) is 0 Å². The van der Waals surface area contributed by atoms with Gasteiger partial charge in [-0.3, -0.25) is 0 Å². The fourth-order valence-electron chi connectivity index (χ4n) is 10.5. The topological polar surface area (TPSA) is 25.9 Å². The largest absolute Gasteiger partial charge is 0.489 e. The van der Waals surface area contributed by atoms with Crippen molar-refractivity contribution in [1.29, 1.82) is 0 Å². The van der Waals surface area contributed by atoms with Crippen molar-refractivity contribution in [2.24, 2.45) is 0 Å². The van der Waals surface area contributed by atoms with Gasteiger partial charge in [0.1, 0.15) is 0 Å². The van der Waals surface area contributed by atoms with Crippen LogP contribution in [0.25, 0.3) is 0 Å². The van der Waals surface area contributed by atoms with E-state index in [-0.39, 0.29) is 28.5 Å². The summed E-state index contributed by atoms with van der Waals surface area (Å²) in [6.07, 6.45) is 0. The van der Waals surface area contributed by atoms with Gasteiger partial charge < -0.3 is 38.1 Å². The normalized spacial score (nSPS) is 15.6. The van der Waals surface area contributed by atoms with Gasteiger partial charge in [0, 0.05) is 45.5 Å². The number of fused-ring (bicyclic) bond motifs is 16. The molecule has 0 spiro atoms. The first kappa shape index (κ1) is 33.4. The summed E-state index contributed by atoms with van der Waals surface area (Å²) in [4.78, 5) is 10.3. The molecule has 60 heavy (non-hydrogen) atoms. The highest BCUT2D eigenvalue weighted by Crippen LogP contribution is 2.58. The molecule has 0 bridgehead atoms. The Balaban J connectivity index is 1.19. The lowest BCUT2D eigenvalue weighted by atomic mass is 9.55. The fourth-order valence-corrected chi connectivity index (χ4v) is 10.5. The Hall–Kier alpha value is -7.58. The van der Waals surface area contributed by atoms with E-state index in [0.717, 1.165) is 45.5 Å². The molecule has 0 saturated carbocycles. The lowest BCUT2D eigenvalue weighted by Gasteiger charge is -2.51. The molecule has 0 aromatic heterocycles. The average Bonchev–Trinajstić information content (AvgIpc) is 4.03. The molecule has 0 atom stereocenters. The number of benzene rings is 8. The van der Waals surface area contributed by atoms with Crippen LogP contribution >= 0.6 is 0 Å². The molecule has 8 nitrogen and oxygen atoms in total. The fraction of sp³-hybridized carbons (Fsp3) is 0. The minimum absolute atomic E-state index is 0.323. The zero-order valence-electron chi connectivity index (χ0n) is 32.7. The molecular formula is C48H36B4N8. The summed E-state index contributed by atoms with van der Waals surface area (Å²) < 4.78 is 10.8. The minimum Gasteiger partial charge on any atom is -0.382 e. The van der Waals surface area contributed by atoms with Crippen LogP contribution in [-0.2, 0) is 0 Å². The van der Waals surface area contributed by atoms with E-state index in [1.807, 2.05) is 0 Å². The van der Waals surface area contributed by atoms with Gasteiger partial charge >= 0.3 is 28.5 Å². The molecule has 1 saturated heterocycles. The molecule has 0 N–H and O–H groups in total. The summed E-state index contributed by atoms with van der Waals surface area (Å²) in [5.74, 6) is 0. The Morgan fingerprint density at radius 1 is 0.183 bits per heavy atom. The van der Waals surface area contributed by atoms with E-state index in [4.69, 9.17) is 0 Å². The standard InChI is InChI=1S/C48H36B4N8/c1-5-21-37(22-6-1)53-41-29-13-17-33-45(41)57-49(53)58-46-34-18-14-30-42(46)54(38-23-7-2-8-24-38)51(58)60-48-36-20-16-32-44(48)56(40-27-11-4-12-28-40)52(60)59-47-35-19-15-31-43(47)55(50(57)59)39-25-9-3-10-26-39/h1-36H. The van der Waals surface area contributed by atoms with Crippen molar-refractivity contribution in [2.45, 2.75) is 0 Å². The summed E-state index contributed by atoms with van der Waals surface area (Å²) in [6.45, 7) is 0. The van der Waals surface area contributed by atoms with Gasteiger partial charge in [0.2, 0.25) is 0 Å². The van der Waals surface area contributed by atoms with E-state index >= 15 is 0 Å². The van der Waals surface area contributed by atoms with E-state index in [1.165, 1.54) is 22.7 Å². The second kappa shape index (κ2) is 13.0. The highest BCUT2D eigenvalue weighted by atomic mass is 15.6. The molecule has 5 aliphatic heterocycles. The zero-order valence-corrected chi connectivity index (χ0v) is 32.7. The van der Waals surface area contributed by atoms with Crippen molar-refractivity contribution in [3.8, 4) is 0 Å². The molecule has 5 heterocycles. The molecule has 13 rings (SSSR count). The number of para-hydroxylation sites is 12. The molecule has 8 aromatic rings. The Morgan fingerprint density at radius 2 is 0.350 bits per heavy atom. The van der Waals surface area contributed by atoms with Crippen LogP contribution in [0, 0.1) is 0 Å². The van der Waals surface area contributed by atoms with Crippen LogP contribution in [0.1, 0.15) is 0 Å². The second-order valence-electron chi connectivity index (χ2n) is 15.8. The Kier molecular flexibility index (Phi) is 7.22.